The molecule has 3 nitrogen and oxygen atoms in total. The number of benzene rings is 4. The zero-order chi connectivity index (χ0) is 20.3. The van der Waals surface area contributed by atoms with Crippen molar-refractivity contribution in [2.24, 2.45) is 0 Å². The van der Waals surface area contributed by atoms with E-state index >= 15 is 0 Å². The van der Waals surface area contributed by atoms with E-state index in [0.717, 1.165) is 15.6 Å². The molecule has 4 aromatic carbocycles. The third-order valence-corrected chi connectivity index (χ3v) is 6.72. The van der Waals surface area contributed by atoms with Gasteiger partial charge in [-0.15, -0.1) is 0 Å². The van der Waals surface area contributed by atoms with Gasteiger partial charge in [-0.1, -0.05) is 64.5 Å². The topological polar surface area (TPSA) is 43.4 Å². The Hall–Kier alpha value is -2.89. The highest BCUT2D eigenvalue weighted by Crippen LogP contribution is 2.36. The average molecular weight is 465 g/mol. The molecule has 0 spiro atoms. The molecule has 0 aliphatic carbocycles. The molecule has 4 rings (SSSR count). The van der Waals surface area contributed by atoms with Crippen LogP contribution in [-0.2, 0) is 9.84 Å². The Morgan fingerprint density at radius 1 is 0.655 bits per heavy atom. The smallest absolute Gasteiger partial charge is 0.206 e. The van der Waals surface area contributed by atoms with Crippen LogP contribution < -0.4 is 4.74 Å². The Morgan fingerprint density at radius 3 is 1.90 bits per heavy atom. The molecule has 144 valence electrons. The number of sulfone groups is 1. The maximum Gasteiger partial charge on any atom is 0.206 e. The van der Waals surface area contributed by atoms with Crippen LogP contribution in [-0.4, -0.2) is 8.42 Å². The number of halogens is 1. The molecule has 0 amide bonds. The lowest BCUT2D eigenvalue weighted by molar-refractivity contribution is 0.484. The van der Waals surface area contributed by atoms with Crippen molar-refractivity contribution in [1.29, 1.82) is 0 Å². The quantitative estimate of drug-likeness (QED) is 0.328. The molecule has 0 radical (unpaired) electrons. The number of ether oxygens (including phenoxy) is 1. The maximum atomic E-state index is 12.7. The van der Waals surface area contributed by atoms with Gasteiger partial charge < -0.3 is 4.74 Å². The van der Waals surface area contributed by atoms with E-state index in [1.165, 1.54) is 0 Å². The van der Waals surface area contributed by atoms with E-state index in [2.05, 4.69) is 15.9 Å². The van der Waals surface area contributed by atoms with Gasteiger partial charge in [0.05, 0.1) is 9.79 Å². The van der Waals surface area contributed by atoms with Crippen molar-refractivity contribution in [3.05, 3.63) is 108 Å². The van der Waals surface area contributed by atoms with Crippen molar-refractivity contribution >= 4 is 25.8 Å². The summed E-state index contributed by atoms with van der Waals surface area (Å²) in [5.74, 6) is 1.26. The summed E-state index contributed by atoms with van der Waals surface area (Å²) in [5.41, 5.74) is 1.98. The molecule has 0 bridgehead atoms. The maximum absolute atomic E-state index is 12.7. The first-order valence-electron chi connectivity index (χ1n) is 8.97. The summed E-state index contributed by atoms with van der Waals surface area (Å²) >= 11 is 3.51. The van der Waals surface area contributed by atoms with E-state index in [4.69, 9.17) is 4.74 Å². The summed E-state index contributed by atoms with van der Waals surface area (Å²) < 4.78 is 32.5. The first-order valence-corrected chi connectivity index (χ1v) is 11.2. The van der Waals surface area contributed by atoms with Crippen molar-refractivity contribution in [2.45, 2.75) is 9.79 Å². The predicted molar refractivity (Wildman–Crippen MR) is 118 cm³/mol. The molecule has 0 aromatic heterocycles. The molecule has 5 heteroatoms. The first-order chi connectivity index (χ1) is 14.0. The van der Waals surface area contributed by atoms with Crippen LogP contribution in [0.25, 0.3) is 11.1 Å². The van der Waals surface area contributed by atoms with Crippen molar-refractivity contribution in [3.8, 4) is 22.6 Å². The zero-order valence-corrected chi connectivity index (χ0v) is 17.7. The summed E-state index contributed by atoms with van der Waals surface area (Å²) in [6, 6.07) is 30.6. The minimum Gasteiger partial charge on any atom is -0.457 e. The lowest BCUT2D eigenvalue weighted by Crippen LogP contribution is -2.01. The fourth-order valence-corrected chi connectivity index (χ4v) is 4.63. The second kappa shape index (κ2) is 8.23. The van der Waals surface area contributed by atoms with Gasteiger partial charge in [0, 0.05) is 10.0 Å². The molecule has 0 unspecified atom stereocenters. The van der Waals surface area contributed by atoms with E-state index in [-0.39, 0.29) is 9.79 Å². The van der Waals surface area contributed by atoms with E-state index in [0.29, 0.717) is 11.5 Å². The van der Waals surface area contributed by atoms with Crippen LogP contribution in [0.5, 0.6) is 11.5 Å². The highest BCUT2D eigenvalue weighted by molar-refractivity contribution is 9.10. The van der Waals surface area contributed by atoms with Gasteiger partial charge in [0.25, 0.3) is 0 Å². The van der Waals surface area contributed by atoms with Gasteiger partial charge in [-0.05, 0) is 60.2 Å². The Labute approximate surface area is 178 Å². The van der Waals surface area contributed by atoms with E-state index in [1.54, 1.807) is 54.6 Å². The number of hydrogen-bond donors (Lipinski definition) is 0. The highest BCUT2D eigenvalue weighted by Gasteiger charge is 2.17. The molecule has 0 aliphatic heterocycles. The SMILES string of the molecule is O=S(=O)(c1ccccc1)c1ccc(Oc2ccc(Br)cc2-c2ccccc2)cc1. The summed E-state index contributed by atoms with van der Waals surface area (Å²) in [6.07, 6.45) is 0. The normalized spacial score (nSPS) is 11.2. The van der Waals surface area contributed by atoms with Gasteiger partial charge in [-0.2, -0.15) is 0 Å². The lowest BCUT2D eigenvalue weighted by Gasteiger charge is -2.13. The highest BCUT2D eigenvalue weighted by atomic mass is 79.9. The fourth-order valence-electron chi connectivity index (χ4n) is 2.98. The summed E-state index contributed by atoms with van der Waals surface area (Å²) in [7, 11) is -3.55. The number of rotatable bonds is 5. The van der Waals surface area contributed by atoms with Crippen LogP contribution in [0.15, 0.2) is 117 Å². The molecule has 0 aliphatic rings. The van der Waals surface area contributed by atoms with Crippen LogP contribution in [0.2, 0.25) is 0 Å². The van der Waals surface area contributed by atoms with Crippen LogP contribution >= 0.6 is 15.9 Å². The van der Waals surface area contributed by atoms with Gasteiger partial charge in [-0.25, -0.2) is 8.42 Å². The van der Waals surface area contributed by atoms with Crippen molar-refractivity contribution in [1.82, 2.24) is 0 Å². The van der Waals surface area contributed by atoms with E-state index in [9.17, 15) is 8.42 Å². The summed E-state index contributed by atoms with van der Waals surface area (Å²) in [6.45, 7) is 0. The third kappa shape index (κ3) is 4.26. The van der Waals surface area contributed by atoms with Gasteiger partial charge in [0.2, 0.25) is 9.84 Å². The second-order valence-corrected chi connectivity index (χ2v) is 9.26. The molecule has 0 saturated heterocycles. The van der Waals surface area contributed by atoms with Gasteiger partial charge in [-0.3, -0.25) is 0 Å². The molecule has 29 heavy (non-hydrogen) atoms. The number of hydrogen-bond acceptors (Lipinski definition) is 3. The first kappa shape index (κ1) is 19.4. The van der Waals surface area contributed by atoms with E-state index in [1.807, 2.05) is 48.5 Å². The Kier molecular flexibility index (Phi) is 5.51. The Balaban J connectivity index is 1.64. The minimum absolute atomic E-state index is 0.232. The molecule has 4 aromatic rings. The molecule has 0 fully saturated rings. The van der Waals surface area contributed by atoms with Crippen LogP contribution in [0.4, 0.5) is 0 Å². The largest absolute Gasteiger partial charge is 0.457 e. The van der Waals surface area contributed by atoms with Crippen LogP contribution in [0, 0.1) is 0 Å². The van der Waals surface area contributed by atoms with E-state index < -0.39 is 9.84 Å². The lowest BCUT2D eigenvalue weighted by atomic mass is 10.0. The molecule has 0 N–H and O–H groups in total. The van der Waals surface area contributed by atoms with Crippen LogP contribution in [0.3, 0.4) is 0 Å². The summed E-state index contributed by atoms with van der Waals surface area (Å²) in [4.78, 5) is 0.503. The molecule has 0 saturated carbocycles. The summed E-state index contributed by atoms with van der Waals surface area (Å²) in [5, 5.41) is 0. The Morgan fingerprint density at radius 2 is 1.24 bits per heavy atom. The van der Waals surface area contributed by atoms with Crippen LogP contribution in [0.1, 0.15) is 0 Å². The monoisotopic (exact) mass is 464 g/mol. The van der Waals surface area contributed by atoms with Crippen molar-refractivity contribution < 1.29 is 13.2 Å². The van der Waals surface area contributed by atoms with Gasteiger partial charge in [0.1, 0.15) is 11.5 Å². The third-order valence-electron chi connectivity index (χ3n) is 4.44. The van der Waals surface area contributed by atoms with Crippen molar-refractivity contribution in [3.63, 3.8) is 0 Å². The molecule has 0 atom stereocenters. The average Bonchev–Trinajstić information content (AvgIpc) is 2.76. The Bertz CT molecular complexity index is 1220. The van der Waals surface area contributed by atoms with Gasteiger partial charge in [0.15, 0.2) is 0 Å². The molecular formula is C24H17BrO3S. The zero-order valence-electron chi connectivity index (χ0n) is 15.3. The fraction of sp³-hybridized carbons (Fsp3) is 0. The molecular weight excluding hydrogens is 448 g/mol. The standard InChI is InChI=1S/C24H17BrO3S/c25-19-11-16-24(23(17-19)18-7-3-1-4-8-18)28-20-12-14-22(15-13-20)29(26,27)21-9-5-2-6-10-21/h1-17H. The minimum atomic E-state index is -3.55. The van der Waals surface area contributed by atoms with Gasteiger partial charge >= 0.3 is 0 Å². The molecule has 0 heterocycles. The predicted octanol–water partition coefficient (Wildman–Crippen LogP) is 6.74. The second-order valence-electron chi connectivity index (χ2n) is 6.40. The van der Waals surface area contributed by atoms with Crippen molar-refractivity contribution in [2.75, 3.05) is 0 Å².